The molecule has 0 spiro atoms. The molecule has 0 aliphatic heterocycles. The van der Waals surface area contributed by atoms with E-state index in [9.17, 15) is 9.18 Å². The van der Waals surface area contributed by atoms with Crippen LogP contribution < -0.4 is 0 Å². The Hall–Kier alpha value is -0.600. The van der Waals surface area contributed by atoms with Crippen molar-refractivity contribution in [3.63, 3.8) is 0 Å². The standard InChI is InChI=1S/C6H11FO6/c7-6(13,4(11)2-9)5(12)3(10)1-8/h3-4,8-11,13H,1-2H2/t3-,4+,6+/m0/s1. The third-order valence-electron chi connectivity index (χ3n) is 1.44. The van der Waals surface area contributed by atoms with Crippen LogP contribution in [-0.4, -0.2) is 62.6 Å². The van der Waals surface area contributed by atoms with Gasteiger partial charge in [-0.3, -0.25) is 4.79 Å². The van der Waals surface area contributed by atoms with Crippen LogP contribution in [0.5, 0.6) is 0 Å². The molecule has 0 aliphatic rings. The Labute approximate surface area is 72.9 Å². The van der Waals surface area contributed by atoms with Crippen molar-refractivity contribution in [1.29, 1.82) is 0 Å². The molecule has 0 saturated heterocycles. The van der Waals surface area contributed by atoms with Gasteiger partial charge < -0.3 is 25.5 Å². The molecular weight excluding hydrogens is 187 g/mol. The third kappa shape index (κ3) is 2.68. The zero-order valence-electron chi connectivity index (χ0n) is 6.59. The topological polar surface area (TPSA) is 118 Å². The summed E-state index contributed by atoms with van der Waals surface area (Å²) in [5.41, 5.74) is 0. The Morgan fingerprint density at radius 1 is 1.31 bits per heavy atom. The largest absolute Gasteiger partial charge is 0.393 e. The zero-order chi connectivity index (χ0) is 10.6. The number of ketones is 1. The lowest BCUT2D eigenvalue weighted by Crippen LogP contribution is -2.52. The molecule has 0 aromatic carbocycles. The molecule has 0 fully saturated rings. The van der Waals surface area contributed by atoms with E-state index in [1.165, 1.54) is 0 Å². The minimum absolute atomic E-state index is 1.08. The molecule has 0 aliphatic carbocycles. The minimum atomic E-state index is -3.75. The summed E-state index contributed by atoms with van der Waals surface area (Å²) in [5.74, 6) is -5.55. The van der Waals surface area contributed by atoms with Gasteiger partial charge in [0.25, 0.3) is 5.85 Å². The van der Waals surface area contributed by atoms with Gasteiger partial charge in [0.1, 0.15) is 12.2 Å². The van der Waals surface area contributed by atoms with Gasteiger partial charge >= 0.3 is 0 Å². The van der Waals surface area contributed by atoms with Gasteiger partial charge in [-0.2, -0.15) is 0 Å². The quantitative estimate of drug-likeness (QED) is 0.319. The first-order chi connectivity index (χ1) is 5.87. The Morgan fingerprint density at radius 3 is 2.08 bits per heavy atom. The fourth-order valence-corrected chi connectivity index (χ4v) is 0.602. The number of aliphatic hydroxyl groups excluding tert-OH is 4. The average molecular weight is 198 g/mol. The number of hydrogen-bond acceptors (Lipinski definition) is 6. The van der Waals surface area contributed by atoms with Gasteiger partial charge in [-0.05, 0) is 0 Å². The zero-order valence-corrected chi connectivity index (χ0v) is 6.59. The lowest BCUT2D eigenvalue weighted by Gasteiger charge is -2.23. The summed E-state index contributed by atoms with van der Waals surface area (Å²) in [6, 6.07) is 0. The van der Waals surface area contributed by atoms with Crippen LogP contribution in [0, 0.1) is 0 Å². The lowest BCUT2D eigenvalue weighted by atomic mass is 10.0. The van der Waals surface area contributed by atoms with Gasteiger partial charge in [0.05, 0.1) is 13.2 Å². The molecule has 6 nitrogen and oxygen atoms in total. The van der Waals surface area contributed by atoms with Crippen LogP contribution in [0.4, 0.5) is 4.39 Å². The predicted molar refractivity (Wildman–Crippen MR) is 37.3 cm³/mol. The number of halogens is 1. The number of Topliss-reactive ketones (excluding diaryl/α,β-unsaturated/α-hetero) is 1. The number of rotatable bonds is 5. The molecule has 3 atom stereocenters. The van der Waals surface area contributed by atoms with Crippen LogP contribution >= 0.6 is 0 Å². The Kier molecular flexibility index (Phi) is 4.37. The van der Waals surface area contributed by atoms with Gasteiger partial charge in [-0.15, -0.1) is 0 Å². The fraction of sp³-hybridized carbons (Fsp3) is 0.833. The van der Waals surface area contributed by atoms with E-state index < -0.39 is 37.1 Å². The SMILES string of the molecule is O=C([C@@H](O)CO)[C@@](O)(F)[C@H](O)CO. The first kappa shape index (κ1) is 12.4. The van der Waals surface area contributed by atoms with Crippen molar-refractivity contribution in [3.05, 3.63) is 0 Å². The van der Waals surface area contributed by atoms with Crippen LogP contribution in [0.25, 0.3) is 0 Å². The maximum absolute atomic E-state index is 12.8. The van der Waals surface area contributed by atoms with E-state index in [4.69, 9.17) is 25.5 Å². The van der Waals surface area contributed by atoms with Crippen molar-refractivity contribution in [3.8, 4) is 0 Å². The van der Waals surface area contributed by atoms with Crippen LogP contribution in [0.15, 0.2) is 0 Å². The highest BCUT2D eigenvalue weighted by Gasteiger charge is 2.46. The highest BCUT2D eigenvalue weighted by atomic mass is 19.2. The van der Waals surface area contributed by atoms with Crippen molar-refractivity contribution in [1.82, 2.24) is 0 Å². The Bertz CT molecular complexity index is 182. The molecule has 0 saturated carbocycles. The molecule has 0 aromatic rings. The van der Waals surface area contributed by atoms with Gasteiger partial charge in [-0.25, -0.2) is 4.39 Å². The van der Waals surface area contributed by atoms with Gasteiger partial charge in [0, 0.05) is 0 Å². The van der Waals surface area contributed by atoms with Crippen molar-refractivity contribution in [2.75, 3.05) is 13.2 Å². The Balaban J connectivity index is 4.53. The molecule has 0 unspecified atom stereocenters. The number of aliphatic hydroxyl groups is 5. The van der Waals surface area contributed by atoms with E-state index in [1.807, 2.05) is 0 Å². The summed E-state index contributed by atoms with van der Waals surface area (Å²) in [6.45, 7) is -2.26. The van der Waals surface area contributed by atoms with Gasteiger partial charge in [-0.1, -0.05) is 0 Å². The molecule has 0 bridgehead atoms. The van der Waals surface area contributed by atoms with E-state index in [1.54, 1.807) is 0 Å². The molecule has 0 heterocycles. The number of carbonyl (C=O) groups is 1. The van der Waals surface area contributed by atoms with E-state index >= 15 is 0 Å². The summed E-state index contributed by atoms with van der Waals surface area (Å²) in [4.78, 5) is 10.7. The molecular formula is C6H11FO6. The van der Waals surface area contributed by atoms with Crippen LogP contribution in [0.3, 0.4) is 0 Å². The molecule has 0 radical (unpaired) electrons. The molecule has 78 valence electrons. The summed E-state index contributed by atoms with van der Waals surface area (Å²) in [6.07, 6.45) is -4.47. The van der Waals surface area contributed by atoms with Gasteiger partial charge in [0.15, 0.2) is 0 Å². The van der Waals surface area contributed by atoms with Crippen molar-refractivity contribution >= 4 is 5.78 Å². The summed E-state index contributed by atoms with van der Waals surface area (Å²) >= 11 is 0. The third-order valence-corrected chi connectivity index (χ3v) is 1.44. The minimum Gasteiger partial charge on any atom is -0.393 e. The number of carbonyl (C=O) groups excluding carboxylic acids is 1. The first-order valence-corrected chi connectivity index (χ1v) is 3.41. The van der Waals surface area contributed by atoms with E-state index in [2.05, 4.69) is 0 Å². The van der Waals surface area contributed by atoms with Gasteiger partial charge in [0.2, 0.25) is 5.78 Å². The van der Waals surface area contributed by atoms with E-state index in [0.717, 1.165) is 0 Å². The number of alkyl halides is 1. The highest BCUT2D eigenvalue weighted by Crippen LogP contribution is 2.15. The molecule has 0 amide bonds. The smallest absolute Gasteiger partial charge is 0.297 e. The maximum Gasteiger partial charge on any atom is 0.297 e. The summed E-state index contributed by atoms with van der Waals surface area (Å²) in [7, 11) is 0. The second-order valence-electron chi connectivity index (χ2n) is 2.43. The van der Waals surface area contributed by atoms with Crippen LogP contribution in [0.2, 0.25) is 0 Å². The van der Waals surface area contributed by atoms with Crippen molar-refractivity contribution in [2.45, 2.75) is 18.1 Å². The predicted octanol–water partition coefficient (Wildman–Crippen LogP) is -3.08. The van der Waals surface area contributed by atoms with Crippen molar-refractivity contribution in [2.24, 2.45) is 0 Å². The lowest BCUT2D eigenvalue weighted by molar-refractivity contribution is -0.199. The Morgan fingerprint density at radius 2 is 1.77 bits per heavy atom. The summed E-state index contributed by atoms with van der Waals surface area (Å²) < 4.78 is 12.8. The van der Waals surface area contributed by atoms with Crippen LogP contribution in [0.1, 0.15) is 0 Å². The van der Waals surface area contributed by atoms with Crippen LogP contribution in [-0.2, 0) is 4.79 Å². The van der Waals surface area contributed by atoms with E-state index in [-0.39, 0.29) is 0 Å². The second-order valence-corrected chi connectivity index (χ2v) is 2.43. The molecule has 0 rings (SSSR count). The molecule has 13 heavy (non-hydrogen) atoms. The molecule has 5 N–H and O–H groups in total. The molecule has 7 heteroatoms. The first-order valence-electron chi connectivity index (χ1n) is 3.41. The normalized spacial score (nSPS) is 20.5. The van der Waals surface area contributed by atoms with Crippen molar-refractivity contribution < 1.29 is 34.7 Å². The summed E-state index contributed by atoms with van der Waals surface area (Å²) in [5, 5.41) is 42.3. The second kappa shape index (κ2) is 4.58. The monoisotopic (exact) mass is 198 g/mol. The maximum atomic E-state index is 12.8. The fourth-order valence-electron chi connectivity index (χ4n) is 0.602. The van der Waals surface area contributed by atoms with E-state index in [0.29, 0.717) is 0 Å². The average Bonchev–Trinajstić information content (AvgIpc) is 2.13. The number of hydrogen-bond donors (Lipinski definition) is 5. The molecule has 0 aromatic heterocycles. The highest BCUT2D eigenvalue weighted by molar-refractivity contribution is 5.90.